The molecule has 0 heterocycles. The topological polar surface area (TPSA) is 23.8 Å². The highest BCUT2D eigenvalue weighted by molar-refractivity contribution is 5.26. The summed E-state index contributed by atoms with van der Waals surface area (Å²) in [6.07, 6.45) is 19.2. The van der Waals surface area contributed by atoms with E-state index in [1.54, 1.807) is 11.6 Å². The zero-order valence-electron chi connectivity index (χ0n) is 18.4. The molecule has 0 aliphatic heterocycles. The molecule has 156 valence electrons. The Kier molecular flexibility index (Phi) is 8.60. The van der Waals surface area contributed by atoms with Gasteiger partial charge in [-0.15, -0.1) is 0 Å². The lowest BCUT2D eigenvalue weighted by Gasteiger charge is -2.36. The van der Waals surface area contributed by atoms with Gasteiger partial charge in [0.15, 0.2) is 0 Å². The summed E-state index contributed by atoms with van der Waals surface area (Å²) in [7, 11) is 0. The van der Waals surface area contributed by atoms with Crippen LogP contribution in [-0.4, -0.2) is 0 Å². The van der Waals surface area contributed by atoms with Gasteiger partial charge in [-0.2, -0.15) is 5.26 Å². The van der Waals surface area contributed by atoms with Gasteiger partial charge in [0, 0.05) is 6.08 Å². The van der Waals surface area contributed by atoms with Crippen molar-refractivity contribution < 1.29 is 0 Å². The van der Waals surface area contributed by atoms with Crippen molar-refractivity contribution in [3.63, 3.8) is 0 Å². The SMILES string of the molecule is C=C(C1CCC(C=CC#N)CC1)C1CCC(c2ccc(CCCCC)cc2)CC1. The smallest absolute Gasteiger partial charge is 0.0908 e. The number of rotatable bonds is 8. The van der Waals surface area contributed by atoms with Crippen LogP contribution in [0.15, 0.2) is 48.6 Å². The molecule has 2 aliphatic carbocycles. The molecule has 0 atom stereocenters. The van der Waals surface area contributed by atoms with E-state index in [0.29, 0.717) is 11.8 Å². The predicted octanol–water partition coefficient (Wildman–Crippen LogP) is 8.14. The molecular weight excluding hydrogens is 350 g/mol. The van der Waals surface area contributed by atoms with Crippen molar-refractivity contribution in [3.05, 3.63) is 59.7 Å². The van der Waals surface area contributed by atoms with Gasteiger partial charge in [-0.05, 0) is 99.0 Å². The lowest BCUT2D eigenvalue weighted by atomic mass is 9.70. The average molecular weight is 390 g/mol. The standard InChI is InChI=1S/C28H39N/c1-3-4-5-7-23-11-15-27(16-12-23)28-19-17-26(18-20-28)22(2)25-13-9-24(10-14-25)8-6-21-29/h6,8,11-12,15-16,24-26,28H,2-5,7,9-10,13-14,17-20H2,1H3. The third kappa shape index (κ3) is 6.33. The summed E-state index contributed by atoms with van der Waals surface area (Å²) in [5.41, 5.74) is 4.60. The molecule has 0 unspecified atom stereocenters. The number of nitrogens with zero attached hydrogens (tertiary/aromatic N) is 1. The highest BCUT2D eigenvalue weighted by Crippen LogP contribution is 2.43. The van der Waals surface area contributed by atoms with E-state index in [2.05, 4.69) is 49.9 Å². The van der Waals surface area contributed by atoms with E-state index in [9.17, 15) is 0 Å². The lowest BCUT2D eigenvalue weighted by molar-refractivity contribution is 0.290. The van der Waals surface area contributed by atoms with E-state index < -0.39 is 0 Å². The lowest BCUT2D eigenvalue weighted by Crippen LogP contribution is -2.22. The predicted molar refractivity (Wildman–Crippen MR) is 124 cm³/mol. The van der Waals surface area contributed by atoms with Crippen LogP contribution in [0.5, 0.6) is 0 Å². The Labute approximate surface area is 178 Å². The van der Waals surface area contributed by atoms with Crippen LogP contribution in [0, 0.1) is 29.1 Å². The van der Waals surface area contributed by atoms with Crippen molar-refractivity contribution in [1.82, 2.24) is 0 Å². The summed E-state index contributed by atoms with van der Waals surface area (Å²) in [4.78, 5) is 0. The Balaban J connectivity index is 1.44. The normalized spacial score (nSPS) is 27.6. The average Bonchev–Trinajstić information content (AvgIpc) is 2.78. The molecular formula is C28H39N. The number of benzene rings is 1. The second-order valence-corrected chi connectivity index (χ2v) is 9.42. The number of hydrogen-bond acceptors (Lipinski definition) is 1. The van der Waals surface area contributed by atoms with Gasteiger partial charge >= 0.3 is 0 Å². The molecule has 1 aromatic carbocycles. The first kappa shape index (κ1) is 21.9. The molecule has 2 aliphatic rings. The van der Waals surface area contributed by atoms with Crippen molar-refractivity contribution in [1.29, 1.82) is 5.26 Å². The van der Waals surface area contributed by atoms with Gasteiger partial charge in [0.05, 0.1) is 6.07 Å². The van der Waals surface area contributed by atoms with Gasteiger partial charge in [0.1, 0.15) is 0 Å². The first-order valence-corrected chi connectivity index (χ1v) is 12.0. The minimum absolute atomic E-state index is 0.611. The van der Waals surface area contributed by atoms with Gasteiger partial charge < -0.3 is 0 Å². The zero-order chi connectivity index (χ0) is 20.5. The quantitative estimate of drug-likeness (QED) is 0.250. The summed E-state index contributed by atoms with van der Waals surface area (Å²) in [5, 5.41) is 8.72. The molecule has 3 rings (SSSR count). The van der Waals surface area contributed by atoms with Crippen molar-refractivity contribution in [2.75, 3.05) is 0 Å². The van der Waals surface area contributed by atoms with E-state index in [-0.39, 0.29) is 0 Å². The maximum Gasteiger partial charge on any atom is 0.0908 e. The Morgan fingerprint density at radius 2 is 1.59 bits per heavy atom. The molecule has 1 heteroatoms. The Bertz CT molecular complexity index is 689. The van der Waals surface area contributed by atoms with Crippen LogP contribution < -0.4 is 0 Å². The first-order valence-electron chi connectivity index (χ1n) is 12.0. The van der Waals surface area contributed by atoms with E-state index in [0.717, 1.165) is 11.8 Å². The van der Waals surface area contributed by atoms with Gasteiger partial charge in [-0.3, -0.25) is 0 Å². The summed E-state index contributed by atoms with van der Waals surface area (Å²) < 4.78 is 0. The molecule has 0 amide bonds. The van der Waals surface area contributed by atoms with Crippen LogP contribution >= 0.6 is 0 Å². The van der Waals surface area contributed by atoms with E-state index >= 15 is 0 Å². The van der Waals surface area contributed by atoms with Crippen LogP contribution in [0.25, 0.3) is 0 Å². The molecule has 2 saturated carbocycles. The number of aryl methyl sites for hydroxylation is 1. The van der Waals surface area contributed by atoms with Gasteiger partial charge in [-0.1, -0.05) is 62.3 Å². The van der Waals surface area contributed by atoms with Crippen molar-refractivity contribution >= 4 is 0 Å². The fraction of sp³-hybridized carbons (Fsp3) is 0.607. The van der Waals surface area contributed by atoms with Crippen LogP contribution in [-0.2, 0) is 6.42 Å². The fourth-order valence-electron chi connectivity index (χ4n) is 5.53. The number of nitriles is 1. The first-order chi connectivity index (χ1) is 14.2. The molecule has 1 nitrogen and oxygen atoms in total. The highest BCUT2D eigenvalue weighted by atomic mass is 14.3. The molecule has 1 aromatic rings. The van der Waals surface area contributed by atoms with E-state index in [1.165, 1.54) is 88.2 Å². The fourth-order valence-corrected chi connectivity index (χ4v) is 5.53. The second kappa shape index (κ2) is 11.4. The van der Waals surface area contributed by atoms with Crippen LogP contribution in [0.1, 0.15) is 94.6 Å². The number of hydrogen-bond donors (Lipinski definition) is 0. The largest absolute Gasteiger partial charge is 0.193 e. The number of allylic oxidation sites excluding steroid dienone is 3. The van der Waals surface area contributed by atoms with Crippen molar-refractivity contribution in [3.8, 4) is 6.07 Å². The van der Waals surface area contributed by atoms with Crippen molar-refractivity contribution in [2.45, 2.75) is 89.9 Å². The van der Waals surface area contributed by atoms with E-state index in [4.69, 9.17) is 5.26 Å². The highest BCUT2D eigenvalue weighted by Gasteiger charge is 2.29. The Morgan fingerprint density at radius 1 is 0.966 bits per heavy atom. The Hall–Kier alpha value is -1.81. The zero-order valence-corrected chi connectivity index (χ0v) is 18.4. The molecule has 0 saturated heterocycles. The summed E-state index contributed by atoms with van der Waals surface area (Å²) >= 11 is 0. The molecule has 0 bridgehead atoms. The maximum absolute atomic E-state index is 8.72. The maximum atomic E-state index is 8.72. The summed E-state index contributed by atoms with van der Waals surface area (Å²) in [6, 6.07) is 11.7. The molecule has 2 fully saturated rings. The van der Waals surface area contributed by atoms with Gasteiger partial charge in [-0.25, -0.2) is 0 Å². The Morgan fingerprint density at radius 3 is 2.17 bits per heavy atom. The third-order valence-corrected chi connectivity index (χ3v) is 7.51. The van der Waals surface area contributed by atoms with Crippen LogP contribution in [0.4, 0.5) is 0 Å². The molecule has 0 N–H and O–H groups in total. The molecule has 29 heavy (non-hydrogen) atoms. The van der Waals surface area contributed by atoms with E-state index in [1.807, 2.05) is 0 Å². The third-order valence-electron chi connectivity index (χ3n) is 7.51. The monoisotopic (exact) mass is 389 g/mol. The summed E-state index contributed by atoms with van der Waals surface area (Å²) in [5.74, 6) is 2.80. The minimum Gasteiger partial charge on any atom is -0.193 e. The second-order valence-electron chi connectivity index (χ2n) is 9.42. The summed E-state index contributed by atoms with van der Waals surface area (Å²) in [6.45, 7) is 6.84. The van der Waals surface area contributed by atoms with Crippen LogP contribution in [0.3, 0.4) is 0 Å². The molecule has 0 spiro atoms. The minimum atomic E-state index is 0.611. The van der Waals surface area contributed by atoms with Crippen molar-refractivity contribution in [2.24, 2.45) is 17.8 Å². The number of unbranched alkanes of at least 4 members (excludes halogenated alkanes) is 2. The van der Waals surface area contributed by atoms with Crippen LogP contribution in [0.2, 0.25) is 0 Å². The molecule has 0 aromatic heterocycles. The van der Waals surface area contributed by atoms with Gasteiger partial charge in [0.25, 0.3) is 0 Å². The van der Waals surface area contributed by atoms with Gasteiger partial charge in [0.2, 0.25) is 0 Å². The molecule has 0 radical (unpaired) electrons.